The smallest absolute Gasteiger partial charge is 0.185 e. The highest BCUT2D eigenvalue weighted by atomic mass is 35.5. The number of halogens is 1. The van der Waals surface area contributed by atoms with Crippen LogP contribution >= 0.6 is 11.6 Å². The van der Waals surface area contributed by atoms with E-state index < -0.39 is 0 Å². The Morgan fingerprint density at radius 3 is 2.55 bits per heavy atom. The van der Waals surface area contributed by atoms with E-state index in [1.165, 1.54) is 11.1 Å². The van der Waals surface area contributed by atoms with Gasteiger partial charge in [-0.15, -0.1) is 10.2 Å². The SMILES string of the molecule is Cc1nn2c3c(nnc2c1-c1cccc(Cl)c1)C(=O)C[C@@H](c1ccc(C(C)C)cc1)C3. The molecule has 2 aromatic heterocycles. The van der Waals surface area contributed by atoms with Gasteiger partial charge in [-0.2, -0.15) is 5.10 Å². The molecule has 0 fully saturated rings. The van der Waals surface area contributed by atoms with Gasteiger partial charge in [0.05, 0.1) is 17.0 Å². The van der Waals surface area contributed by atoms with Crippen molar-refractivity contribution in [3.63, 3.8) is 0 Å². The summed E-state index contributed by atoms with van der Waals surface area (Å²) in [4.78, 5) is 12.9. The van der Waals surface area contributed by atoms with Gasteiger partial charge < -0.3 is 0 Å². The van der Waals surface area contributed by atoms with Gasteiger partial charge in [-0.05, 0) is 54.0 Å². The van der Waals surface area contributed by atoms with Crippen LogP contribution in [0.1, 0.15) is 65.1 Å². The lowest BCUT2D eigenvalue weighted by Gasteiger charge is -2.23. The zero-order chi connectivity index (χ0) is 21.7. The molecule has 0 unspecified atom stereocenters. The summed E-state index contributed by atoms with van der Waals surface area (Å²) in [6, 6.07) is 16.3. The van der Waals surface area contributed by atoms with Crippen molar-refractivity contribution in [2.24, 2.45) is 0 Å². The third kappa shape index (κ3) is 3.43. The van der Waals surface area contributed by atoms with E-state index in [1.54, 1.807) is 4.52 Å². The molecule has 1 aliphatic rings. The van der Waals surface area contributed by atoms with Crippen molar-refractivity contribution >= 4 is 23.0 Å². The highest BCUT2D eigenvalue weighted by molar-refractivity contribution is 6.30. The molecule has 6 heteroatoms. The van der Waals surface area contributed by atoms with Crippen LogP contribution in [0.4, 0.5) is 0 Å². The van der Waals surface area contributed by atoms with E-state index in [-0.39, 0.29) is 11.7 Å². The standard InChI is InChI=1S/C25H23ClN4O/c1-14(2)16-7-9-17(10-8-16)19-12-21-24(22(31)13-19)27-28-25-23(15(3)29-30(21)25)18-5-4-6-20(26)11-18/h4-11,14,19H,12-13H2,1-3H3/t19-/m0/s1. The highest BCUT2D eigenvalue weighted by Gasteiger charge is 2.31. The monoisotopic (exact) mass is 430 g/mol. The lowest BCUT2D eigenvalue weighted by atomic mass is 9.83. The summed E-state index contributed by atoms with van der Waals surface area (Å²) in [6.07, 6.45) is 1.14. The van der Waals surface area contributed by atoms with Crippen LogP contribution in [0.15, 0.2) is 48.5 Å². The van der Waals surface area contributed by atoms with E-state index >= 15 is 0 Å². The Labute approximate surface area is 186 Å². The first-order valence-electron chi connectivity index (χ1n) is 10.6. The van der Waals surface area contributed by atoms with Gasteiger partial charge in [-0.3, -0.25) is 4.79 Å². The Morgan fingerprint density at radius 1 is 1.06 bits per heavy atom. The van der Waals surface area contributed by atoms with Crippen molar-refractivity contribution in [1.82, 2.24) is 19.8 Å². The number of Topliss-reactive ketones (excluding diaryl/α,β-unsaturated/α-hetero) is 1. The molecule has 4 aromatic rings. The molecule has 0 radical (unpaired) electrons. The molecule has 0 bridgehead atoms. The quantitative estimate of drug-likeness (QED) is 0.412. The van der Waals surface area contributed by atoms with Crippen LogP contribution < -0.4 is 0 Å². The Balaban J connectivity index is 1.60. The number of fused-ring (bicyclic) bond motifs is 3. The molecule has 2 aromatic carbocycles. The molecule has 0 aliphatic heterocycles. The molecule has 156 valence electrons. The maximum atomic E-state index is 12.9. The fraction of sp³-hybridized carbons (Fsp3) is 0.280. The van der Waals surface area contributed by atoms with Crippen LogP contribution in [0.5, 0.6) is 0 Å². The number of ketones is 1. The molecule has 31 heavy (non-hydrogen) atoms. The molecule has 1 aliphatic carbocycles. The fourth-order valence-electron chi connectivity index (χ4n) is 4.45. The second kappa shape index (κ2) is 7.57. The summed E-state index contributed by atoms with van der Waals surface area (Å²) in [7, 11) is 0. The van der Waals surface area contributed by atoms with Gasteiger partial charge in [-0.1, -0.05) is 61.8 Å². The number of hydrogen-bond acceptors (Lipinski definition) is 4. The lowest BCUT2D eigenvalue weighted by molar-refractivity contribution is 0.0955. The van der Waals surface area contributed by atoms with E-state index in [4.69, 9.17) is 16.7 Å². The first-order valence-corrected chi connectivity index (χ1v) is 10.9. The number of carbonyl (C=O) groups excluding carboxylic acids is 1. The number of benzene rings is 2. The molecule has 1 atom stereocenters. The summed E-state index contributed by atoms with van der Waals surface area (Å²) in [6.45, 7) is 6.31. The summed E-state index contributed by atoms with van der Waals surface area (Å²) in [5.41, 5.74) is 7.06. The summed E-state index contributed by atoms with van der Waals surface area (Å²) in [5, 5.41) is 14.1. The van der Waals surface area contributed by atoms with E-state index in [0.717, 1.165) is 22.5 Å². The minimum absolute atomic E-state index is 0.0195. The minimum atomic E-state index is 0.0195. The minimum Gasteiger partial charge on any atom is -0.292 e. The van der Waals surface area contributed by atoms with Gasteiger partial charge in [0.25, 0.3) is 0 Å². The summed E-state index contributed by atoms with van der Waals surface area (Å²) >= 11 is 6.21. The lowest BCUT2D eigenvalue weighted by Crippen LogP contribution is -2.24. The van der Waals surface area contributed by atoms with Crippen LogP contribution in [0.3, 0.4) is 0 Å². The van der Waals surface area contributed by atoms with Gasteiger partial charge in [-0.25, -0.2) is 4.52 Å². The molecular formula is C25H23ClN4O. The number of rotatable bonds is 3. The van der Waals surface area contributed by atoms with Gasteiger partial charge in [0.1, 0.15) is 0 Å². The number of nitrogens with zero attached hydrogens (tertiary/aromatic N) is 4. The Hall–Kier alpha value is -3.05. The fourth-order valence-corrected chi connectivity index (χ4v) is 4.64. The van der Waals surface area contributed by atoms with Crippen molar-refractivity contribution < 1.29 is 4.79 Å². The molecular weight excluding hydrogens is 408 g/mol. The van der Waals surface area contributed by atoms with Crippen molar-refractivity contribution in [2.75, 3.05) is 0 Å². The third-order valence-electron chi connectivity index (χ3n) is 6.13. The Morgan fingerprint density at radius 2 is 1.84 bits per heavy atom. The normalized spacial score (nSPS) is 16.2. The summed E-state index contributed by atoms with van der Waals surface area (Å²) in [5.74, 6) is 0.605. The summed E-state index contributed by atoms with van der Waals surface area (Å²) < 4.78 is 1.81. The van der Waals surface area contributed by atoms with E-state index in [0.29, 0.717) is 35.1 Å². The zero-order valence-corrected chi connectivity index (χ0v) is 18.5. The molecule has 0 saturated heterocycles. The largest absolute Gasteiger partial charge is 0.292 e. The molecule has 0 amide bonds. The highest BCUT2D eigenvalue weighted by Crippen LogP contribution is 2.35. The molecule has 5 nitrogen and oxygen atoms in total. The maximum Gasteiger partial charge on any atom is 0.185 e. The Kier molecular flexibility index (Phi) is 4.86. The molecule has 2 heterocycles. The molecule has 0 spiro atoms. The third-order valence-corrected chi connectivity index (χ3v) is 6.37. The average Bonchev–Trinajstić information content (AvgIpc) is 3.10. The number of aromatic nitrogens is 4. The van der Waals surface area contributed by atoms with Gasteiger partial charge >= 0.3 is 0 Å². The first kappa shape index (κ1) is 19.9. The van der Waals surface area contributed by atoms with Crippen molar-refractivity contribution in [3.05, 3.63) is 81.8 Å². The van der Waals surface area contributed by atoms with Gasteiger partial charge in [0.2, 0.25) is 0 Å². The van der Waals surface area contributed by atoms with Crippen molar-refractivity contribution in [1.29, 1.82) is 0 Å². The van der Waals surface area contributed by atoms with Crippen LogP contribution in [0.2, 0.25) is 5.02 Å². The number of carbonyl (C=O) groups is 1. The van der Waals surface area contributed by atoms with E-state index in [9.17, 15) is 4.79 Å². The molecule has 0 saturated carbocycles. The number of hydrogen-bond donors (Lipinski definition) is 0. The predicted molar refractivity (Wildman–Crippen MR) is 122 cm³/mol. The number of aryl methyl sites for hydroxylation is 1. The second-order valence-corrected chi connectivity index (χ2v) is 8.99. The second-order valence-electron chi connectivity index (χ2n) is 8.55. The van der Waals surface area contributed by atoms with Crippen molar-refractivity contribution in [2.45, 2.75) is 45.4 Å². The predicted octanol–water partition coefficient (Wildman–Crippen LogP) is 5.79. The van der Waals surface area contributed by atoms with Crippen LogP contribution in [-0.4, -0.2) is 25.6 Å². The Bertz CT molecular complexity index is 1310. The van der Waals surface area contributed by atoms with Crippen LogP contribution in [0.25, 0.3) is 16.8 Å². The van der Waals surface area contributed by atoms with Crippen molar-refractivity contribution in [3.8, 4) is 11.1 Å². The first-order chi connectivity index (χ1) is 14.9. The van der Waals surface area contributed by atoms with E-state index in [1.807, 2.05) is 31.2 Å². The van der Waals surface area contributed by atoms with E-state index in [2.05, 4.69) is 48.3 Å². The maximum absolute atomic E-state index is 12.9. The zero-order valence-electron chi connectivity index (χ0n) is 17.8. The van der Waals surface area contributed by atoms with Crippen LogP contribution in [0, 0.1) is 6.92 Å². The van der Waals surface area contributed by atoms with Gasteiger partial charge in [0, 0.05) is 11.4 Å². The van der Waals surface area contributed by atoms with Crippen LogP contribution in [-0.2, 0) is 6.42 Å². The topological polar surface area (TPSA) is 60.1 Å². The molecule has 5 rings (SSSR count). The average molecular weight is 431 g/mol. The van der Waals surface area contributed by atoms with Gasteiger partial charge in [0.15, 0.2) is 17.1 Å². The molecule has 0 N–H and O–H groups in total.